The molecule has 1 aromatic heterocycles. The summed E-state index contributed by atoms with van der Waals surface area (Å²) < 4.78 is 65.7. The van der Waals surface area contributed by atoms with Crippen LogP contribution in [-0.4, -0.2) is 11.3 Å². The highest BCUT2D eigenvalue weighted by Crippen LogP contribution is 2.36. The van der Waals surface area contributed by atoms with Crippen LogP contribution in [0.4, 0.5) is 22.0 Å². The summed E-state index contributed by atoms with van der Waals surface area (Å²) >= 11 is 2.98. The van der Waals surface area contributed by atoms with Gasteiger partial charge >= 0.3 is 6.36 Å². The van der Waals surface area contributed by atoms with Crippen molar-refractivity contribution in [3.8, 4) is 11.8 Å². The summed E-state index contributed by atoms with van der Waals surface area (Å²) in [4.78, 5) is 3.26. The molecule has 19 heavy (non-hydrogen) atoms. The fraction of sp³-hybridized carbons (Fsp3) is 0.400. The standard InChI is InChI=1S/C10H6BrF5N2O/c11-3-5-4-18-7(9(12)13)8(6(5)1-2-17)19-10(14,15)16/h4,9H,1,3H2. The molecular formula is C10H6BrF5N2O. The minimum atomic E-state index is -5.14. The fourth-order valence-electron chi connectivity index (χ4n) is 1.36. The van der Waals surface area contributed by atoms with Crippen molar-refractivity contribution >= 4 is 15.9 Å². The molecule has 0 atom stereocenters. The van der Waals surface area contributed by atoms with Crippen LogP contribution in [0.25, 0.3) is 0 Å². The molecule has 0 radical (unpaired) electrons. The molecule has 0 fully saturated rings. The average Bonchev–Trinajstić information content (AvgIpc) is 2.29. The summed E-state index contributed by atoms with van der Waals surface area (Å²) in [7, 11) is 0. The van der Waals surface area contributed by atoms with Crippen molar-refractivity contribution in [2.24, 2.45) is 0 Å². The summed E-state index contributed by atoms with van der Waals surface area (Å²) in [6.07, 6.45) is -7.87. The van der Waals surface area contributed by atoms with E-state index in [1.54, 1.807) is 6.07 Å². The molecule has 0 saturated heterocycles. The summed E-state index contributed by atoms with van der Waals surface area (Å²) in [5.74, 6) is -1.10. The molecule has 0 aliphatic carbocycles. The molecule has 1 rings (SSSR count). The van der Waals surface area contributed by atoms with Crippen LogP contribution in [0.5, 0.6) is 5.75 Å². The fourth-order valence-corrected chi connectivity index (χ4v) is 1.84. The first-order chi connectivity index (χ1) is 8.80. The molecule has 0 amide bonds. The van der Waals surface area contributed by atoms with Gasteiger partial charge in [-0.2, -0.15) is 5.26 Å². The molecule has 1 heterocycles. The third-order valence-electron chi connectivity index (χ3n) is 2.08. The Morgan fingerprint density at radius 1 is 1.42 bits per heavy atom. The lowest BCUT2D eigenvalue weighted by Crippen LogP contribution is -2.20. The highest BCUT2D eigenvalue weighted by atomic mass is 79.9. The Hall–Kier alpha value is -1.43. The van der Waals surface area contributed by atoms with Gasteiger partial charge in [-0.25, -0.2) is 8.78 Å². The van der Waals surface area contributed by atoms with E-state index in [2.05, 4.69) is 25.7 Å². The van der Waals surface area contributed by atoms with Crippen molar-refractivity contribution < 1.29 is 26.7 Å². The van der Waals surface area contributed by atoms with Gasteiger partial charge in [0, 0.05) is 17.1 Å². The number of hydrogen-bond acceptors (Lipinski definition) is 3. The third kappa shape index (κ3) is 4.02. The predicted octanol–water partition coefficient (Wildman–Crippen LogP) is 3.88. The van der Waals surface area contributed by atoms with Crippen molar-refractivity contribution in [1.82, 2.24) is 4.98 Å². The Bertz CT molecular complexity index is 498. The molecule has 104 valence electrons. The summed E-state index contributed by atoms with van der Waals surface area (Å²) in [6, 6.07) is 1.61. The van der Waals surface area contributed by atoms with Crippen LogP contribution in [0.15, 0.2) is 6.20 Å². The van der Waals surface area contributed by atoms with Crippen LogP contribution < -0.4 is 4.74 Å². The van der Waals surface area contributed by atoms with Gasteiger partial charge in [-0.1, -0.05) is 15.9 Å². The predicted molar refractivity (Wildman–Crippen MR) is 57.8 cm³/mol. The number of pyridine rings is 1. The van der Waals surface area contributed by atoms with Gasteiger partial charge in [-0.3, -0.25) is 4.98 Å². The maximum Gasteiger partial charge on any atom is 0.573 e. The number of ether oxygens (including phenoxy) is 1. The normalized spacial score (nSPS) is 11.5. The van der Waals surface area contributed by atoms with Crippen molar-refractivity contribution in [3.05, 3.63) is 23.0 Å². The number of halogens is 6. The Kier molecular flexibility index (Phi) is 5.05. The van der Waals surface area contributed by atoms with Crippen LogP contribution >= 0.6 is 15.9 Å². The number of alkyl halides is 6. The molecule has 0 aliphatic heterocycles. The Labute approximate surface area is 113 Å². The molecule has 3 nitrogen and oxygen atoms in total. The van der Waals surface area contributed by atoms with Crippen LogP contribution in [0.1, 0.15) is 23.2 Å². The van der Waals surface area contributed by atoms with E-state index in [1.165, 1.54) is 0 Å². The smallest absolute Gasteiger partial charge is 0.403 e. The van der Waals surface area contributed by atoms with Crippen LogP contribution in [0.3, 0.4) is 0 Å². The monoisotopic (exact) mass is 344 g/mol. The van der Waals surface area contributed by atoms with E-state index in [1.807, 2.05) is 0 Å². The van der Waals surface area contributed by atoms with Crippen LogP contribution in [-0.2, 0) is 11.8 Å². The molecule has 0 N–H and O–H groups in total. The lowest BCUT2D eigenvalue weighted by atomic mass is 10.1. The lowest BCUT2D eigenvalue weighted by Gasteiger charge is -2.17. The van der Waals surface area contributed by atoms with Gasteiger partial charge in [-0.15, -0.1) is 13.2 Å². The van der Waals surface area contributed by atoms with Crippen molar-refractivity contribution in [1.29, 1.82) is 5.26 Å². The van der Waals surface area contributed by atoms with E-state index in [0.29, 0.717) is 0 Å². The highest BCUT2D eigenvalue weighted by molar-refractivity contribution is 9.08. The highest BCUT2D eigenvalue weighted by Gasteiger charge is 2.35. The first kappa shape index (κ1) is 15.6. The van der Waals surface area contributed by atoms with Crippen LogP contribution in [0, 0.1) is 11.3 Å². The van der Waals surface area contributed by atoms with E-state index in [4.69, 9.17) is 5.26 Å². The topological polar surface area (TPSA) is 45.9 Å². The number of aromatic nitrogens is 1. The number of hydrogen-bond donors (Lipinski definition) is 0. The number of nitriles is 1. The lowest BCUT2D eigenvalue weighted by molar-refractivity contribution is -0.275. The average molecular weight is 345 g/mol. The van der Waals surface area contributed by atoms with E-state index < -0.39 is 30.7 Å². The molecule has 0 aromatic carbocycles. The van der Waals surface area contributed by atoms with Gasteiger partial charge in [0.1, 0.15) is 5.69 Å². The van der Waals surface area contributed by atoms with E-state index in [9.17, 15) is 22.0 Å². The molecule has 1 aromatic rings. The molecule has 0 saturated carbocycles. The zero-order valence-corrected chi connectivity index (χ0v) is 10.7. The minimum absolute atomic E-state index is 0.0642. The molecular weight excluding hydrogens is 339 g/mol. The van der Waals surface area contributed by atoms with E-state index in [-0.39, 0.29) is 16.5 Å². The second-order valence-corrected chi connectivity index (χ2v) is 3.85. The molecule has 9 heteroatoms. The number of nitrogens with zero attached hydrogens (tertiary/aromatic N) is 2. The largest absolute Gasteiger partial charge is 0.573 e. The maximum atomic E-state index is 12.7. The maximum absolute atomic E-state index is 12.7. The number of rotatable bonds is 4. The Morgan fingerprint density at radius 3 is 2.47 bits per heavy atom. The van der Waals surface area contributed by atoms with Crippen molar-refractivity contribution in [2.45, 2.75) is 24.5 Å². The SMILES string of the molecule is N#CCc1c(CBr)cnc(C(F)F)c1OC(F)(F)F. The van der Waals surface area contributed by atoms with E-state index >= 15 is 0 Å². The zero-order chi connectivity index (χ0) is 14.6. The van der Waals surface area contributed by atoms with Gasteiger partial charge in [0.2, 0.25) is 0 Å². The van der Waals surface area contributed by atoms with Gasteiger partial charge in [0.25, 0.3) is 6.43 Å². The second kappa shape index (κ2) is 6.14. The second-order valence-electron chi connectivity index (χ2n) is 3.29. The van der Waals surface area contributed by atoms with Gasteiger partial charge < -0.3 is 4.74 Å². The first-order valence-corrected chi connectivity index (χ1v) is 5.89. The van der Waals surface area contributed by atoms with Gasteiger partial charge in [0.15, 0.2) is 5.75 Å². The molecule has 0 aliphatic rings. The van der Waals surface area contributed by atoms with Crippen molar-refractivity contribution in [3.63, 3.8) is 0 Å². The summed E-state index contributed by atoms with van der Waals surface area (Å²) in [5.41, 5.74) is -1.19. The zero-order valence-electron chi connectivity index (χ0n) is 9.14. The van der Waals surface area contributed by atoms with Crippen molar-refractivity contribution in [2.75, 3.05) is 0 Å². The summed E-state index contributed by atoms with van der Waals surface area (Å²) in [6.45, 7) is 0. The summed E-state index contributed by atoms with van der Waals surface area (Å²) in [5, 5.41) is 8.65. The molecule has 0 spiro atoms. The first-order valence-electron chi connectivity index (χ1n) is 4.77. The van der Waals surface area contributed by atoms with E-state index in [0.717, 1.165) is 6.20 Å². The van der Waals surface area contributed by atoms with Gasteiger partial charge in [0.05, 0.1) is 12.5 Å². The van der Waals surface area contributed by atoms with Crippen LogP contribution in [0.2, 0.25) is 0 Å². The Morgan fingerprint density at radius 2 is 2.05 bits per heavy atom. The molecule has 0 bridgehead atoms. The van der Waals surface area contributed by atoms with Gasteiger partial charge in [-0.05, 0) is 5.56 Å². The molecule has 0 unspecified atom stereocenters. The Balaban J connectivity index is 3.45. The third-order valence-corrected chi connectivity index (χ3v) is 2.68. The minimum Gasteiger partial charge on any atom is -0.403 e. The quantitative estimate of drug-likeness (QED) is 0.615.